The smallest absolute Gasteiger partial charge is 0.355 e. The predicted octanol–water partition coefficient (Wildman–Crippen LogP) is 4.21. The number of methoxy groups -OCH3 is 2. The third kappa shape index (κ3) is 3.63. The van der Waals surface area contributed by atoms with E-state index >= 15 is 0 Å². The van der Waals surface area contributed by atoms with Crippen molar-refractivity contribution in [3.05, 3.63) is 46.3 Å². The van der Waals surface area contributed by atoms with Gasteiger partial charge < -0.3 is 19.2 Å². The normalized spacial score (nSPS) is 17.0. The number of carbonyl (C=O) groups excluding carboxylic acids is 2. The SMILES string of the molecule is CC[C@@H](C)OC(=O)c1[nH]c2c(c1C)C(=O)C[C@H](c1ccc(OC)c(OC)c1)C2. The van der Waals surface area contributed by atoms with E-state index in [0.717, 1.165) is 17.7 Å². The molecule has 3 rings (SSSR count). The predicted molar refractivity (Wildman–Crippen MR) is 106 cm³/mol. The Kier molecular flexibility index (Phi) is 5.77. The summed E-state index contributed by atoms with van der Waals surface area (Å²) in [6.45, 7) is 5.62. The fraction of sp³-hybridized carbons (Fsp3) is 0.455. The Bertz CT molecular complexity index is 899. The molecule has 1 aliphatic rings. The van der Waals surface area contributed by atoms with Crippen LogP contribution >= 0.6 is 0 Å². The van der Waals surface area contributed by atoms with Gasteiger partial charge in [0.1, 0.15) is 5.69 Å². The van der Waals surface area contributed by atoms with Crippen LogP contribution in [0.1, 0.15) is 70.3 Å². The van der Waals surface area contributed by atoms with E-state index in [-0.39, 0.29) is 17.8 Å². The van der Waals surface area contributed by atoms with Crippen LogP contribution in [0.3, 0.4) is 0 Å². The summed E-state index contributed by atoms with van der Waals surface area (Å²) >= 11 is 0. The second-order valence-corrected chi connectivity index (χ2v) is 7.25. The molecule has 1 heterocycles. The molecule has 1 N–H and O–H groups in total. The van der Waals surface area contributed by atoms with Crippen LogP contribution in [0.25, 0.3) is 0 Å². The molecule has 150 valence electrons. The van der Waals surface area contributed by atoms with E-state index in [0.29, 0.717) is 41.2 Å². The summed E-state index contributed by atoms with van der Waals surface area (Å²) in [6, 6.07) is 5.72. The number of ketones is 1. The number of nitrogens with one attached hydrogen (secondary N) is 1. The van der Waals surface area contributed by atoms with Crippen LogP contribution in [0.15, 0.2) is 18.2 Å². The summed E-state index contributed by atoms with van der Waals surface area (Å²) in [5, 5.41) is 0. The number of H-pyrrole nitrogens is 1. The van der Waals surface area contributed by atoms with E-state index < -0.39 is 5.97 Å². The molecule has 1 aromatic carbocycles. The van der Waals surface area contributed by atoms with Crippen LogP contribution in [0.5, 0.6) is 11.5 Å². The highest BCUT2D eigenvalue weighted by molar-refractivity contribution is 6.03. The second kappa shape index (κ2) is 8.09. The van der Waals surface area contributed by atoms with Crippen LogP contribution in [-0.2, 0) is 11.2 Å². The van der Waals surface area contributed by atoms with Gasteiger partial charge in [0.2, 0.25) is 0 Å². The maximum absolute atomic E-state index is 12.9. The number of carbonyl (C=O) groups is 2. The Hall–Kier alpha value is -2.76. The maximum atomic E-state index is 12.9. The number of fused-ring (bicyclic) bond motifs is 1. The van der Waals surface area contributed by atoms with Crippen LogP contribution in [0, 0.1) is 6.92 Å². The maximum Gasteiger partial charge on any atom is 0.355 e. The largest absolute Gasteiger partial charge is 0.493 e. The zero-order valence-corrected chi connectivity index (χ0v) is 17.0. The lowest BCUT2D eigenvalue weighted by Crippen LogP contribution is -2.18. The summed E-state index contributed by atoms with van der Waals surface area (Å²) in [7, 11) is 3.19. The molecule has 6 nitrogen and oxygen atoms in total. The van der Waals surface area contributed by atoms with Gasteiger partial charge in [-0.1, -0.05) is 13.0 Å². The lowest BCUT2D eigenvalue weighted by atomic mass is 9.81. The fourth-order valence-electron chi connectivity index (χ4n) is 3.70. The number of Topliss-reactive ketones (excluding diaryl/α,β-unsaturated/α-hetero) is 1. The molecule has 0 aliphatic heterocycles. The lowest BCUT2D eigenvalue weighted by molar-refractivity contribution is 0.0327. The molecule has 0 saturated heterocycles. The fourth-order valence-corrected chi connectivity index (χ4v) is 3.70. The lowest BCUT2D eigenvalue weighted by Gasteiger charge is -2.23. The van der Waals surface area contributed by atoms with Crippen molar-refractivity contribution >= 4 is 11.8 Å². The Balaban J connectivity index is 1.90. The standard InChI is InChI=1S/C22H27NO5/c1-6-12(2)28-22(25)21-13(3)20-16(23-21)9-15(10-17(20)24)14-7-8-18(26-4)19(11-14)27-5/h7-8,11-12,15,23H,6,9-10H2,1-5H3/t12-,15-/m1/s1. The van der Waals surface area contributed by atoms with Gasteiger partial charge in [0.15, 0.2) is 17.3 Å². The Morgan fingerprint density at radius 3 is 2.57 bits per heavy atom. The van der Waals surface area contributed by atoms with Crippen LogP contribution in [-0.4, -0.2) is 37.1 Å². The molecular formula is C22H27NO5. The van der Waals surface area contributed by atoms with Gasteiger partial charge in [-0.05, 0) is 55.9 Å². The number of benzene rings is 1. The highest BCUT2D eigenvalue weighted by Gasteiger charge is 2.32. The number of esters is 1. The summed E-state index contributed by atoms with van der Waals surface area (Å²) in [5.41, 5.74) is 3.50. The van der Waals surface area contributed by atoms with Gasteiger partial charge in [-0.3, -0.25) is 4.79 Å². The average molecular weight is 385 g/mol. The summed E-state index contributed by atoms with van der Waals surface area (Å²) in [6.07, 6.45) is 1.61. The molecule has 0 saturated carbocycles. The van der Waals surface area contributed by atoms with Gasteiger partial charge >= 0.3 is 5.97 Å². The molecule has 2 aromatic rings. The third-order valence-corrected chi connectivity index (χ3v) is 5.46. The van der Waals surface area contributed by atoms with E-state index in [2.05, 4.69) is 4.98 Å². The number of hydrogen-bond donors (Lipinski definition) is 1. The first-order valence-electron chi connectivity index (χ1n) is 9.57. The highest BCUT2D eigenvalue weighted by atomic mass is 16.5. The first-order valence-corrected chi connectivity index (χ1v) is 9.57. The van der Waals surface area contributed by atoms with Gasteiger partial charge in [-0.15, -0.1) is 0 Å². The Morgan fingerprint density at radius 2 is 1.93 bits per heavy atom. The number of hydrogen-bond acceptors (Lipinski definition) is 5. The van der Waals surface area contributed by atoms with Crippen molar-refractivity contribution in [2.24, 2.45) is 0 Å². The second-order valence-electron chi connectivity index (χ2n) is 7.25. The van der Waals surface area contributed by atoms with Gasteiger partial charge in [0, 0.05) is 17.7 Å². The van der Waals surface area contributed by atoms with Crippen molar-refractivity contribution in [2.45, 2.75) is 52.1 Å². The molecule has 0 bridgehead atoms. The minimum atomic E-state index is -0.406. The zero-order valence-electron chi connectivity index (χ0n) is 17.0. The monoisotopic (exact) mass is 385 g/mol. The van der Waals surface area contributed by atoms with Crippen molar-refractivity contribution in [3.63, 3.8) is 0 Å². The highest BCUT2D eigenvalue weighted by Crippen LogP contribution is 2.38. The number of aromatic nitrogens is 1. The van der Waals surface area contributed by atoms with Gasteiger partial charge in [-0.2, -0.15) is 0 Å². The number of rotatable bonds is 6. The number of ether oxygens (including phenoxy) is 3. The minimum absolute atomic E-state index is 0.0105. The molecule has 0 radical (unpaired) electrons. The zero-order chi connectivity index (χ0) is 20.4. The topological polar surface area (TPSA) is 77.6 Å². The van der Waals surface area contributed by atoms with Crippen LogP contribution in [0.4, 0.5) is 0 Å². The van der Waals surface area contributed by atoms with Gasteiger partial charge in [-0.25, -0.2) is 4.79 Å². The van der Waals surface area contributed by atoms with Crippen molar-refractivity contribution in [1.29, 1.82) is 0 Å². The molecule has 0 amide bonds. The van der Waals surface area contributed by atoms with Crippen molar-refractivity contribution in [1.82, 2.24) is 4.98 Å². The van der Waals surface area contributed by atoms with E-state index in [4.69, 9.17) is 14.2 Å². The van der Waals surface area contributed by atoms with Crippen LogP contribution < -0.4 is 9.47 Å². The van der Waals surface area contributed by atoms with Crippen LogP contribution in [0.2, 0.25) is 0 Å². The molecule has 6 heteroatoms. The molecular weight excluding hydrogens is 358 g/mol. The van der Waals surface area contributed by atoms with Crippen molar-refractivity contribution in [2.75, 3.05) is 14.2 Å². The van der Waals surface area contributed by atoms with E-state index in [1.807, 2.05) is 32.0 Å². The summed E-state index contributed by atoms with van der Waals surface area (Å²) in [4.78, 5) is 28.5. The molecule has 0 unspecified atom stereocenters. The first-order chi connectivity index (χ1) is 13.4. The van der Waals surface area contributed by atoms with Gasteiger partial charge in [0.05, 0.1) is 20.3 Å². The van der Waals surface area contributed by atoms with Crippen molar-refractivity contribution < 1.29 is 23.8 Å². The van der Waals surface area contributed by atoms with E-state index in [1.54, 1.807) is 21.1 Å². The van der Waals surface area contributed by atoms with E-state index in [9.17, 15) is 9.59 Å². The molecule has 1 aliphatic carbocycles. The molecule has 1 aromatic heterocycles. The quantitative estimate of drug-likeness (QED) is 0.754. The molecule has 2 atom stereocenters. The Labute approximate surface area is 165 Å². The Morgan fingerprint density at radius 1 is 1.21 bits per heavy atom. The molecule has 0 spiro atoms. The average Bonchev–Trinajstić information content (AvgIpc) is 3.04. The van der Waals surface area contributed by atoms with Gasteiger partial charge in [0.25, 0.3) is 0 Å². The molecule has 28 heavy (non-hydrogen) atoms. The summed E-state index contributed by atoms with van der Waals surface area (Å²) < 4.78 is 16.1. The molecule has 0 fully saturated rings. The van der Waals surface area contributed by atoms with Crippen molar-refractivity contribution in [3.8, 4) is 11.5 Å². The number of aromatic amines is 1. The summed E-state index contributed by atoms with van der Waals surface area (Å²) in [5.74, 6) is 0.934. The minimum Gasteiger partial charge on any atom is -0.493 e. The third-order valence-electron chi connectivity index (χ3n) is 5.46. The van der Waals surface area contributed by atoms with E-state index in [1.165, 1.54) is 0 Å². The first kappa shape index (κ1) is 20.0.